The number of aromatic carboxylic acids is 1. The van der Waals surface area contributed by atoms with Crippen LogP contribution in [0.2, 0.25) is 0 Å². The van der Waals surface area contributed by atoms with E-state index in [-0.39, 0.29) is 17.4 Å². The molecule has 0 aromatic heterocycles. The fourth-order valence-corrected chi connectivity index (χ4v) is 1.89. The van der Waals surface area contributed by atoms with Gasteiger partial charge in [-0.2, -0.15) is 11.8 Å². The van der Waals surface area contributed by atoms with E-state index in [2.05, 4.69) is 0 Å². The van der Waals surface area contributed by atoms with Crippen LogP contribution in [0.3, 0.4) is 0 Å². The third kappa shape index (κ3) is 3.50. The van der Waals surface area contributed by atoms with Gasteiger partial charge in [0, 0.05) is 11.0 Å². The zero-order chi connectivity index (χ0) is 12.1. The summed E-state index contributed by atoms with van der Waals surface area (Å²) in [5, 5.41) is 17.6. The molecule has 2 N–H and O–H groups in total. The van der Waals surface area contributed by atoms with Crippen molar-refractivity contribution in [1.82, 2.24) is 0 Å². The summed E-state index contributed by atoms with van der Waals surface area (Å²) in [6, 6.07) is 3.72. The molecule has 0 radical (unpaired) electrons. The van der Waals surface area contributed by atoms with Gasteiger partial charge in [-0.15, -0.1) is 0 Å². The molecule has 3 nitrogen and oxygen atoms in total. The van der Waals surface area contributed by atoms with E-state index in [1.54, 1.807) is 0 Å². The highest BCUT2D eigenvalue weighted by Gasteiger charge is 2.09. The average molecular weight is 244 g/mol. The number of benzene rings is 1. The van der Waals surface area contributed by atoms with Gasteiger partial charge >= 0.3 is 5.97 Å². The van der Waals surface area contributed by atoms with Crippen LogP contribution in [0.1, 0.15) is 22.8 Å². The van der Waals surface area contributed by atoms with Crippen LogP contribution in [0, 0.1) is 5.82 Å². The number of carbonyl (C=O) groups is 1. The zero-order valence-corrected chi connectivity index (χ0v) is 9.63. The Morgan fingerprint density at radius 1 is 1.56 bits per heavy atom. The molecule has 0 bridgehead atoms. The van der Waals surface area contributed by atoms with Crippen molar-refractivity contribution in [3.63, 3.8) is 0 Å². The number of aliphatic hydroxyl groups excluding tert-OH is 1. The maximum absolute atomic E-state index is 13.3. The fourth-order valence-electron chi connectivity index (χ4n) is 1.10. The maximum Gasteiger partial charge on any atom is 0.335 e. The van der Waals surface area contributed by atoms with Crippen LogP contribution in [0.15, 0.2) is 18.2 Å². The quantitative estimate of drug-likeness (QED) is 0.833. The highest BCUT2D eigenvalue weighted by Crippen LogP contribution is 2.20. The second-order valence-corrected chi connectivity index (χ2v) is 4.84. The number of carboxylic acid groups (broad SMARTS) is 1. The van der Waals surface area contributed by atoms with Gasteiger partial charge in [-0.1, -0.05) is 6.92 Å². The first-order valence-corrected chi connectivity index (χ1v) is 5.83. The summed E-state index contributed by atoms with van der Waals surface area (Å²) in [6.07, 6.45) is 0. The van der Waals surface area contributed by atoms with Crippen molar-refractivity contribution in [3.8, 4) is 0 Å². The number of thioether (sulfide) groups is 1. The van der Waals surface area contributed by atoms with Gasteiger partial charge in [-0.05, 0) is 23.8 Å². The first kappa shape index (κ1) is 13.0. The van der Waals surface area contributed by atoms with Gasteiger partial charge in [0.25, 0.3) is 0 Å². The van der Waals surface area contributed by atoms with Crippen LogP contribution in [0.4, 0.5) is 4.39 Å². The SMILES string of the molecule is CC(CO)SCc1cc(C(=O)O)ccc1F. The van der Waals surface area contributed by atoms with Crippen LogP contribution in [0.25, 0.3) is 0 Å². The van der Waals surface area contributed by atoms with Gasteiger partial charge in [0.2, 0.25) is 0 Å². The van der Waals surface area contributed by atoms with Crippen molar-refractivity contribution in [2.45, 2.75) is 17.9 Å². The Labute approximate surface area is 97.3 Å². The van der Waals surface area contributed by atoms with Crippen molar-refractivity contribution in [2.75, 3.05) is 6.61 Å². The third-order valence-electron chi connectivity index (χ3n) is 2.07. The molecule has 5 heteroatoms. The molecule has 0 amide bonds. The molecule has 0 heterocycles. The number of hydrogen-bond donors (Lipinski definition) is 2. The molecule has 0 saturated carbocycles. The summed E-state index contributed by atoms with van der Waals surface area (Å²) in [4.78, 5) is 10.7. The fraction of sp³-hybridized carbons (Fsp3) is 0.364. The lowest BCUT2D eigenvalue weighted by atomic mass is 10.1. The standard InChI is InChI=1S/C11H13FO3S/c1-7(5-13)16-6-9-4-8(11(14)15)2-3-10(9)12/h2-4,7,13H,5-6H2,1H3,(H,14,15). The van der Waals surface area contributed by atoms with E-state index < -0.39 is 11.8 Å². The van der Waals surface area contributed by atoms with E-state index in [1.165, 1.54) is 23.9 Å². The van der Waals surface area contributed by atoms with E-state index in [0.717, 1.165) is 6.07 Å². The third-order valence-corrected chi connectivity index (χ3v) is 3.27. The van der Waals surface area contributed by atoms with Crippen LogP contribution < -0.4 is 0 Å². The number of halogens is 1. The van der Waals surface area contributed by atoms with Gasteiger partial charge in [0.05, 0.1) is 12.2 Å². The molecule has 0 aliphatic heterocycles. The van der Waals surface area contributed by atoms with E-state index in [1.807, 2.05) is 6.92 Å². The van der Waals surface area contributed by atoms with Crippen molar-refractivity contribution in [1.29, 1.82) is 0 Å². The van der Waals surface area contributed by atoms with Crippen LogP contribution in [-0.4, -0.2) is 28.0 Å². The molecule has 0 aliphatic carbocycles. The molecule has 1 unspecified atom stereocenters. The lowest BCUT2D eigenvalue weighted by Crippen LogP contribution is -2.04. The van der Waals surface area contributed by atoms with Crippen molar-refractivity contribution in [3.05, 3.63) is 35.1 Å². The monoisotopic (exact) mass is 244 g/mol. The molecular formula is C11H13FO3S. The Morgan fingerprint density at radius 2 is 2.25 bits per heavy atom. The minimum Gasteiger partial charge on any atom is -0.478 e. The predicted octanol–water partition coefficient (Wildman–Crippen LogP) is 2.14. The molecule has 0 spiro atoms. The van der Waals surface area contributed by atoms with E-state index >= 15 is 0 Å². The van der Waals surface area contributed by atoms with Gasteiger partial charge < -0.3 is 10.2 Å². The van der Waals surface area contributed by atoms with Crippen LogP contribution in [-0.2, 0) is 5.75 Å². The predicted molar refractivity (Wildman–Crippen MR) is 61.2 cm³/mol. The Hall–Kier alpha value is -1.07. The Bertz CT molecular complexity index is 381. The highest BCUT2D eigenvalue weighted by atomic mass is 32.2. The van der Waals surface area contributed by atoms with E-state index in [0.29, 0.717) is 11.3 Å². The summed E-state index contributed by atoms with van der Waals surface area (Å²) < 4.78 is 13.3. The summed E-state index contributed by atoms with van der Waals surface area (Å²) in [7, 11) is 0. The van der Waals surface area contributed by atoms with Gasteiger partial charge in [0.1, 0.15) is 5.82 Å². The van der Waals surface area contributed by atoms with E-state index in [9.17, 15) is 9.18 Å². The number of carboxylic acids is 1. The molecule has 1 rings (SSSR count). The summed E-state index contributed by atoms with van der Waals surface area (Å²) in [6.45, 7) is 1.84. The van der Waals surface area contributed by atoms with Crippen molar-refractivity contribution in [2.24, 2.45) is 0 Å². The minimum atomic E-state index is -1.07. The zero-order valence-electron chi connectivity index (χ0n) is 8.81. The number of rotatable bonds is 5. The first-order valence-electron chi connectivity index (χ1n) is 4.78. The number of aliphatic hydroxyl groups is 1. The molecule has 0 saturated heterocycles. The molecule has 88 valence electrons. The lowest BCUT2D eigenvalue weighted by molar-refractivity contribution is 0.0696. The smallest absolute Gasteiger partial charge is 0.335 e. The Balaban J connectivity index is 2.78. The summed E-state index contributed by atoms with van der Waals surface area (Å²) in [5.74, 6) is -1.13. The topological polar surface area (TPSA) is 57.5 Å². The van der Waals surface area contributed by atoms with Crippen LogP contribution >= 0.6 is 11.8 Å². The maximum atomic E-state index is 13.3. The number of hydrogen-bond acceptors (Lipinski definition) is 3. The summed E-state index contributed by atoms with van der Waals surface area (Å²) in [5.41, 5.74) is 0.429. The molecule has 16 heavy (non-hydrogen) atoms. The first-order chi connectivity index (χ1) is 7.54. The normalized spacial score (nSPS) is 12.4. The molecular weight excluding hydrogens is 231 g/mol. The molecule has 0 aliphatic rings. The minimum absolute atomic E-state index is 0.00730. The molecule has 1 atom stereocenters. The largest absolute Gasteiger partial charge is 0.478 e. The summed E-state index contributed by atoms with van der Waals surface area (Å²) >= 11 is 1.38. The van der Waals surface area contributed by atoms with Crippen molar-refractivity contribution >= 4 is 17.7 Å². The Morgan fingerprint density at radius 3 is 2.81 bits per heavy atom. The Kier molecular flexibility index (Phi) is 4.76. The van der Waals surface area contributed by atoms with Crippen molar-refractivity contribution < 1.29 is 19.4 Å². The molecule has 0 fully saturated rings. The highest BCUT2D eigenvalue weighted by molar-refractivity contribution is 7.99. The van der Waals surface area contributed by atoms with E-state index in [4.69, 9.17) is 10.2 Å². The lowest BCUT2D eigenvalue weighted by Gasteiger charge is -2.08. The second-order valence-electron chi connectivity index (χ2n) is 3.42. The molecule has 1 aromatic rings. The molecule has 1 aromatic carbocycles. The van der Waals surface area contributed by atoms with Gasteiger partial charge in [-0.3, -0.25) is 0 Å². The van der Waals surface area contributed by atoms with Gasteiger partial charge in [-0.25, -0.2) is 9.18 Å². The van der Waals surface area contributed by atoms with Gasteiger partial charge in [0.15, 0.2) is 0 Å². The average Bonchev–Trinajstić information content (AvgIpc) is 2.27. The second kappa shape index (κ2) is 5.86. The van der Waals surface area contributed by atoms with Crippen LogP contribution in [0.5, 0.6) is 0 Å².